The molecule has 2 fully saturated rings. The molecule has 2 aliphatic carbocycles. The molecule has 2 saturated carbocycles. The van der Waals surface area contributed by atoms with E-state index in [0.717, 1.165) is 24.3 Å². The molecule has 0 saturated heterocycles. The maximum atomic E-state index is 3.75. The van der Waals surface area contributed by atoms with E-state index >= 15 is 0 Å². The molecule has 3 rings (SSSR count). The van der Waals surface area contributed by atoms with E-state index in [9.17, 15) is 0 Å². The van der Waals surface area contributed by atoms with Gasteiger partial charge in [0, 0.05) is 15.8 Å². The number of hydrogen-bond donors (Lipinski definition) is 1. The molecule has 2 aliphatic rings. The van der Waals surface area contributed by atoms with Crippen LogP contribution in [0.15, 0.2) is 12.1 Å². The van der Waals surface area contributed by atoms with Gasteiger partial charge < -0.3 is 5.32 Å². The lowest BCUT2D eigenvalue weighted by Gasteiger charge is -2.30. The quantitative estimate of drug-likeness (QED) is 0.845. The number of hydrogen-bond acceptors (Lipinski definition) is 2. The Bertz CT molecular complexity index is 384. The normalized spacial score (nSPS) is 33.2. The molecule has 1 aromatic rings. The molecule has 0 aromatic carbocycles. The molecule has 94 valence electrons. The highest BCUT2D eigenvalue weighted by atomic mass is 32.1. The van der Waals surface area contributed by atoms with Crippen molar-refractivity contribution in [1.29, 1.82) is 0 Å². The van der Waals surface area contributed by atoms with E-state index < -0.39 is 0 Å². The summed E-state index contributed by atoms with van der Waals surface area (Å²) in [6.07, 6.45) is 5.97. The summed E-state index contributed by atoms with van der Waals surface area (Å²) in [4.78, 5) is 3.02. The summed E-state index contributed by atoms with van der Waals surface area (Å²) in [5.41, 5.74) is 0. The average Bonchev–Trinajstić information content (AvgIpc) is 3.01. The van der Waals surface area contributed by atoms with Crippen LogP contribution in [0.1, 0.15) is 48.4 Å². The fourth-order valence-corrected chi connectivity index (χ4v) is 5.03. The highest BCUT2D eigenvalue weighted by molar-refractivity contribution is 7.12. The van der Waals surface area contributed by atoms with Gasteiger partial charge in [-0.2, -0.15) is 0 Å². The van der Waals surface area contributed by atoms with Crippen LogP contribution in [0.3, 0.4) is 0 Å². The van der Waals surface area contributed by atoms with Gasteiger partial charge in [0.05, 0.1) is 0 Å². The molecule has 2 bridgehead atoms. The second-order valence-corrected chi connectivity index (χ2v) is 7.14. The van der Waals surface area contributed by atoms with Crippen molar-refractivity contribution >= 4 is 11.3 Å². The zero-order valence-corrected chi connectivity index (χ0v) is 11.7. The van der Waals surface area contributed by atoms with Crippen LogP contribution in [0.5, 0.6) is 0 Å². The van der Waals surface area contributed by atoms with Gasteiger partial charge in [0.25, 0.3) is 0 Å². The van der Waals surface area contributed by atoms with Gasteiger partial charge in [-0.05, 0) is 62.6 Å². The molecule has 0 spiro atoms. The lowest BCUT2D eigenvalue weighted by Crippen LogP contribution is -2.30. The molecule has 1 aromatic heterocycles. The Kier molecular flexibility index (Phi) is 3.27. The predicted molar refractivity (Wildman–Crippen MR) is 74.4 cm³/mol. The molecule has 0 amide bonds. The third-order valence-corrected chi connectivity index (χ3v) is 5.80. The lowest BCUT2D eigenvalue weighted by atomic mass is 9.82. The van der Waals surface area contributed by atoms with Gasteiger partial charge in [-0.1, -0.05) is 13.3 Å². The smallest absolute Gasteiger partial charge is 0.0446 e. The van der Waals surface area contributed by atoms with E-state index in [1.165, 1.54) is 30.6 Å². The van der Waals surface area contributed by atoms with Crippen molar-refractivity contribution in [3.63, 3.8) is 0 Å². The molecule has 1 N–H and O–H groups in total. The van der Waals surface area contributed by atoms with Crippen LogP contribution < -0.4 is 5.32 Å². The molecule has 1 nitrogen and oxygen atoms in total. The van der Waals surface area contributed by atoms with Gasteiger partial charge in [-0.3, -0.25) is 0 Å². The van der Waals surface area contributed by atoms with Crippen LogP contribution in [0, 0.1) is 24.7 Å². The third-order valence-electron chi connectivity index (χ3n) is 4.71. The Morgan fingerprint density at radius 2 is 2.24 bits per heavy atom. The molecule has 2 heteroatoms. The molecular weight excluding hydrogens is 226 g/mol. The first-order chi connectivity index (χ1) is 8.28. The van der Waals surface area contributed by atoms with Crippen molar-refractivity contribution in [1.82, 2.24) is 5.32 Å². The minimum Gasteiger partial charge on any atom is -0.309 e. The Morgan fingerprint density at radius 1 is 1.35 bits per heavy atom. The van der Waals surface area contributed by atoms with E-state index in [1.807, 2.05) is 11.3 Å². The largest absolute Gasteiger partial charge is 0.309 e. The predicted octanol–water partition coefficient (Wildman–Crippen LogP) is 4.14. The summed E-state index contributed by atoms with van der Waals surface area (Å²) in [7, 11) is 0. The van der Waals surface area contributed by atoms with Crippen molar-refractivity contribution in [3.8, 4) is 0 Å². The molecule has 1 heterocycles. The molecule has 17 heavy (non-hydrogen) atoms. The topological polar surface area (TPSA) is 12.0 Å². The summed E-state index contributed by atoms with van der Waals surface area (Å²) in [6, 6.07) is 5.26. The van der Waals surface area contributed by atoms with Crippen molar-refractivity contribution in [2.75, 3.05) is 6.54 Å². The van der Waals surface area contributed by atoms with E-state index in [-0.39, 0.29) is 0 Å². The number of rotatable bonds is 4. The molecule has 4 unspecified atom stereocenters. The summed E-state index contributed by atoms with van der Waals surface area (Å²) >= 11 is 1.99. The SMILES string of the molecule is CCNC(c1ccc(C)s1)C1CC2CCC1C2. The Morgan fingerprint density at radius 3 is 2.76 bits per heavy atom. The van der Waals surface area contributed by atoms with Gasteiger partial charge in [0.1, 0.15) is 0 Å². The van der Waals surface area contributed by atoms with Crippen LogP contribution in [0.25, 0.3) is 0 Å². The summed E-state index contributed by atoms with van der Waals surface area (Å²) in [6.45, 7) is 5.55. The Balaban J connectivity index is 1.80. The zero-order chi connectivity index (χ0) is 11.8. The zero-order valence-electron chi connectivity index (χ0n) is 10.9. The van der Waals surface area contributed by atoms with Crippen LogP contribution in [0.4, 0.5) is 0 Å². The Labute approximate surface area is 109 Å². The molecule has 0 radical (unpaired) electrons. The van der Waals surface area contributed by atoms with Crippen molar-refractivity contribution in [2.45, 2.75) is 45.6 Å². The minimum atomic E-state index is 0.633. The Hall–Kier alpha value is -0.340. The van der Waals surface area contributed by atoms with Crippen LogP contribution >= 0.6 is 11.3 Å². The van der Waals surface area contributed by atoms with Gasteiger partial charge in [-0.15, -0.1) is 11.3 Å². The van der Waals surface area contributed by atoms with E-state index in [2.05, 4.69) is 31.3 Å². The summed E-state index contributed by atoms with van der Waals surface area (Å²) < 4.78 is 0. The number of nitrogens with one attached hydrogen (secondary N) is 1. The maximum Gasteiger partial charge on any atom is 0.0446 e. The summed E-state index contributed by atoms with van der Waals surface area (Å²) in [5, 5.41) is 3.75. The van der Waals surface area contributed by atoms with E-state index in [1.54, 1.807) is 4.88 Å². The standard InChI is InChI=1S/C15H23NS/c1-3-16-15(14-7-4-10(2)17-14)13-9-11-5-6-12(13)8-11/h4,7,11-13,15-16H,3,5-6,8-9H2,1-2H3. The second-order valence-electron chi connectivity index (χ2n) is 5.82. The fourth-order valence-electron chi connectivity index (χ4n) is 4.01. The third kappa shape index (κ3) is 2.17. The van der Waals surface area contributed by atoms with E-state index in [0.29, 0.717) is 6.04 Å². The first-order valence-electron chi connectivity index (χ1n) is 7.07. The van der Waals surface area contributed by atoms with Crippen LogP contribution in [-0.2, 0) is 0 Å². The highest BCUT2D eigenvalue weighted by Crippen LogP contribution is 2.53. The molecule has 4 atom stereocenters. The van der Waals surface area contributed by atoms with Crippen molar-refractivity contribution in [2.24, 2.45) is 17.8 Å². The number of fused-ring (bicyclic) bond motifs is 2. The van der Waals surface area contributed by atoms with Gasteiger partial charge in [0.15, 0.2) is 0 Å². The molecular formula is C15H23NS. The van der Waals surface area contributed by atoms with Gasteiger partial charge >= 0.3 is 0 Å². The highest BCUT2D eigenvalue weighted by Gasteiger charge is 2.43. The number of thiophene rings is 1. The minimum absolute atomic E-state index is 0.633. The summed E-state index contributed by atoms with van der Waals surface area (Å²) in [5.74, 6) is 2.96. The average molecular weight is 249 g/mol. The molecule has 0 aliphatic heterocycles. The van der Waals surface area contributed by atoms with E-state index in [4.69, 9.17) is 0 Å². The first kappa shape index (κ1) is 11.7. The first-order valence-corrected chi connectivity index (χ1v) is 7.89. The van der Waals surface area contributed by atoms with Crippen molar-refractivity contribution in [3.05, 3.63) is 21.9 Å². The van der Waals surface area contributed by atoms with Crippen molar-refractivity contribution < 1.29 is 0 Å². The monoisotopic (exact) mass is 249 g/mol. The van der Waals surface area contributed by atoms with Gasteiger partial charge in [-0.25, -0.2) is 0 Å². The lowest BCUT2D eigenvalue weighted by molar-refractivity contribution is 0.256. The van der Waals surface area contributed by atoms with Gasteiger partial charge in [0.2, 0.25) is 0 Å². The fraction of sp³-hybridized carbons (Fsp3) is 0.733. The second kappa shape index (κ2) is 4.74. The van der Waals surface area contributed by atoms with Crippen LogP contribution in [0.2, 0.25) is 0 Å². The maximum absolute atomic E-state index is 3.75. The van der Waals surface area contributed by atoms with Crippen LogP contribution in [-0.4, -0.2) is 6.54 Å². The number of aryl methyl sites for hydroxylation is 1.